The van der Waals surface area contributed by atoms with E-state index in [0.29, 0.717) is 0 Å². The minimum absolute atomic E-state index is 0. The first-order valence-corrected chi connectivity index (χ1v) is 2.89. The molecule has 0 unspecified atom stereocenters. The Morgan fingerprint density at radius 3 is 2.40 bits per heavy atom. The molecule has 0 radical (unpaired) electrons. The molecule has 0 aliphatic heterocycles. The molecule has 0 atom stereocenters. The molecule has 50 valence electrons. The molecule has 0 bridgehead atoms. The number of hydrogen-bond donors (Lipinski definition) is 0. The third kappa shape index (κ3) is 5.05. The zero-order valence-electron chi connectivity index (χ0n) is 6.39. The van der Waals surface area contributed by atoms with E-state index in [1.165, 1.54) is 5.56 Å². The molecule has 0 aliphatic carbocycles. The van der Waals surface area contributed by atoms with E-state index in [-0.39, 0.29) is 68.4 Å². The van der Waals surface area contributed by atoms with Gasteiger partial charge in [-0.2, -0.15) is 35.9 Å². The first kappa shape index (κ1) is 13.9. The van der Waals surface area contributed by atoms with Crippen LogP contribution in [0.4, 0.5) is 0 Å². The van der Waals surface area contributed by atoms with E-state index < -0.39 is 0 Å². The smallest absolute Gasteiger partial charge is 1.00 e. The Balaban J connectivity index is 0. The third-order valence-corrected chi connectivity index (χ3v) is 1.15. The molecule has 0 amide bonds. The molecule has 0 saturated carbocycles. The van der Waals surface area contributed by atoms with Gasteiger partial charge in [0.05, 0.1) is 0 Å². The average Bonchev–Trinajstić information content (AvgIpc) is 1.90. The third-order valence-electron chi connectivity index (χ3n) is 1.15. The summed E-state index contributed by atoms with van der Waals surface area (Å²) >= 11 is 0. The van der Waals surface area contributed by atoms with Crippen molar-refractivity contribution in [2.24, 2.45) is 0 Å². The van der Waals surface area contributed by atoms with E-state index in [0.717, 1.165) is 6.42 Å². The van der Waals surface area contributed by atoms with Crippen LogP contribution in [0.15, 0.2) is 24.3 Å². The Labute approximate surface area is 116 Å². The van der Waals surface area contributed by atoms with Gasteiger partial charge >= 0.3 is 51.4 Å². The van der Waals surface area contributed by atoms with Gasteiger partial charge in [-0.15, -0.1) is 0 Å². The number of rotatable bonds is 1. The molecule has 0 N–H and O–H groups in total. The summed E-state index contributed by atoms with van der Waals surface area (Å²) < 4.78 is 0. The van der Waals surface area contributed by atoms with Gasteiger partial charge in [0.25, 0.3) is 0 Å². The zero-order chi connectivity index (χ0) is 5.82. The molecule has 0 fully saturated rings. The van der Waals surface area contributed by atoms with Crippen molar-refractivity contribution in [3.63, 3.8) is 0 Å². The van der Waals surface area contributed by atoms with Gasteiger partial charge < -0.3 is 17.0 Å². The number of halogens is 1. The maximum absolute atomic E-state index is 3.12. The second kappa shape index (κ2) is 8.43. The van der Waals surface area contributed by atoms with Crippen molar-refractivity contribution in [2.45, 2.75) is 13.3 Å². The Morgan fingerprint density at radius 1 is 1.40 bits per heavy atom. The van der Waals surface area contributed by atoms with Crippen molar-refractivity contribution in [3.8, 4) is 0 Å². The molecule has 0 spiro atoms. The topological polar surface area (TPSA) is 0 Å². The maximum atomic E-state index is 3.12. The first-order valence-electron chi connectivity index (χ1n) is 2.89. The number of hydrogen-bond acceptors (Lipinski definition) is 0. The molecule has 10 heavy (non-hydrogen) atoms. The van der Waals surface area contributed by atoms with Gasteiger partial charge in [0.1, 0.15) is 0 Å². The van der Waals surface area contributed by atoms with Crippen LogP contribution in [0.2, 0.25) is 0 Å². The quantitative estimate of drug-likeness (QED) is 0.337. The van der Waals surface area contributed by atoms with Crippen molar-refractivity contribution in [3.05, 3.63) is 35.9 Å². The van der Waals surface area contributed by atoms with Gasteiger partial charge in [0.15, 0.2) is 0 Å². The van der Waals surface area contributed by atoms with Gasteiger partial charge in [-0.05, 0) is 0 Å². The Bertz CT molecular complexity index is 151. The summed E-state index contributed by atoms with van der Waals surface area (Å²) in [5.41, 5.74) is 1.28. The standard InChI is InChI=1S/C8H9.BrH.K/c1-2-8-6-4-3-5-7-8;;/h3-6H,2H2,1H3;1H;/q-1;;+1/p-1. The second-order valence-corrected chi connectivity index (χ2v) is 1.74. The van der Waals surface area contributed by atoms with Gasteiger partial charge in [-0.25, -0.2) is 0 Å². The molecule has 2 heteroatoms. The van der Waals surface area contributed by atoms with Crippen LogP contribution in [0.25, 0.3) is 0 Å². The molecule has 0 heterocycles. The predicted molar refractivity (Wildman–Crippen MR) is 34.7 cm³/mol. The van der Waals surface area contributed by atoms with Gasteiger partial charge in [-0.1, -0.05) is 13.3 Å². The zero-order valence-corrected chi connectivity index (χ0v) is 11.1. The predicted octanol–water partition coefficient (Wildman–Crippen LogP) is -3.94. The Kier molecular flexibility index (Phi) is 11.7. The van der Waals surface area contributed by atoms with Crippen LogP contribution in [-0.4, -0.2) is 0 Å². The Morgan fingerprint density at radius 2 is 2.10 bits per heavy atom. The second-order valence-electron chi connectivity index (χ2n) is 1.74. The van der Waals surface area contributed by atoms with Crippen LogP contribution >= 0.6 is 0 Å². The fourth-order valence-corrected chi connectivity index (χ4v) is 0.650. The molecular formula is C8H9BrK-. The van der Waals surface area contributed by atoms with Crippen LogP contribution < -0.4 is 68.4 Å². The minimum atomic E-state index is 0. The molecule has 0 aromatic heterocycles. The summed E-state index contributed by atoms with van der Waals surface area (Å²) in [6.45, 7) is 2.13. The number of benzene rings is 1. The molecule has 1 aromatic carbocycles. The first-order chi connectivity index (χ1) is 3.93. The van der Waals surface area contributed by atoms with Crippen molar-refractivity contribution < 1.29 is 68.4 Å². The largest absolute Gasteiger partial charge is 1.00 e. The Hall–Kier alpha value is 1.34. The summed E-state index contributed by atoms with van der Waals surface area (Å²) in [6, 6.07) is 11.2. The van der Waals surface area contributed by atoms with Crippen molar-refractivity contribution in [1.82, 2.24) is 0 Å². The molecule has 0 aliphatic rings. The monoisotopic (exact) mass is 223 g/mol. The summed E-state index contributed by atoms with van der Waals surface area (Å²) in [6.07, 6.45) is 1.08. The molecular weight excluding hydrogens is 215 g/mol. The van der Waals surface area contributed by atoms with Crippen molar-refractivity contribution in [2.75, 3.05) is 0 Å². The van der Waals surface area contributed by atoms with Crippen LogP contribution in [-0.2, 0) is 6.42 Å². The minimum Gasteiger partial charge on any atom is -1.00 e. The summed E-state index contributed by atoms with van der Waals surface area (Å²) in [5.74, 6) is 0. The van der Waals surface area contributed by atoms with E-state index in [1.54, 1.807) is 0 Å². The van der Waals surface area contributed by atoms with E-state index in [9.17, 15) is 0 Å². The molecule has 0 saturated heterocycles. The average molecular weight is 224 g/mol. The summed E-state index contributed by atoms with van der Waals surface area (Å²) in [7, 11) is 0. The van der Waals surface area contributed by atoms with Crippen LogP contribution in [0.3, 0.4) is 0 Å². The van der Waals surface area contributed by atoms with Gasteiger partial charge in [0.2, 0.25) is 0 Å². The van der Waals surface area contributed by atoms with E-state index in [4.69, 9.17) is 0 Å². The van der Waals surface area contributed by atoms with E-state index in [2.05, 4.69) is 19.1 Å². The molecule has 1 aromatic rings. The van der Waals surface area contributed by atoms with Crippen LogP contribution in [0.1, 0.15) is 12.5 Å². The van der Waals surface area contributed by atoms with Crippen LogP contribution in [0, 0.1) is 6.07 Å². The number of aryl methyl sites for hydroxylation is 1. The summed E-state index contributed by atoms with van der Waals surface area (Å²) in [5, 5.41) is 0. The van der Waals surface area contributed by atoms with Gasteiger partial charge in [0, 0.05) is 0 Å². The van der Waals surface area contributed by atoms with E-state index in [1.807, 2.05) is 18.2 Å². The van der Waals surface area contributed by atoms with Crippen molar-refractivity contribution >= 4 is 0 Å². The normalized spacial score (nSPS) is 7.30. The fraction of sp³-hybridized carbons (Fsp3) is 0.250. The van der Waals surface area contributed by atoms with Crippen LogP contribution in [0.5, 0.6) is 0 Å². The molecule has 1 rings (SSSR count). The SMILES string of the molecule is CCc1[c-]cccc1.[Br-].[K+]. The summed E-state index contributed by atoms with van der Waals surface area (Å²) in [4.78, 5) is 0. The van der Waals surface area contributed by atoms with Crippen molar-refractivity contribution in [1.29, 1.82) is 0 Å². The molecule has 0 nitrogen and oxygen atoms in total. The van der Waals surface area contributed by atoms with Gasteiger partial charge in [-0.3, -0.25) is 0 Å². The fourth-order valence-electron chi connectivity index (χ4n) is 0.650. The maximum Gasteiger partial charge on any atom is 1.00 e. The van der Waals surface area contributed by atoms with E-state index >= 15 is 0 Å².